The van der Waals surface area contributed by atoms with E-state index in [1.54, 1.807) is 11.3 Å². The van der Waals surface area contributed by atoms with Crippen LogP contribution in [0.15, 0.2) is 46.9 Å². The molecule has 2 heterocycles. The zero-order valence-electron chi connectivity index (χ0n) is 16.3. The van der Waals surface area contributed by atoms with Crippen LogP contribution in [0.1, 0.15) is 29.6 Å². The van der Waals surface area contributed by atoms with E-state index in [1.807, 2.05) is 36.4 Å². The number of nitriles is 1. The third-order valence-electron chi connectivity index (χ3n) is 5.08. The second-order valence-corrected chi connectivity index (χ2v) is 8.98. The van der Waals surface area contributed by atoms with Gasteiger partial charge in [0.25, 0.3) is 0 Å². The largest absolute Gasteiger partial charge is 0.424 e. The number of hydrogen-bond donors (Lipinski definition) is 1. The molecule has 4 aromatic rings. The molecule has 2 aromatic heterocycles. The number of carbonyl (C=O) groups is 1. The molecule has 0 spiro atoms. The van der Waals surface area contributed by atoms with Gasteiger partial charge in [0.2, 0.25) is 17.7 Å². The van der Waals surface area contributed by atoms with Crippen molar-refractivity contribution in [3.05, 3.63) is 64.3 Å². The molecular formula is C22H16ClN5O2S. The average molecular weight is 450 g/mol. The van der Waals surface area contributed by atoms with Crippen LogP contribution < -0.4 is 5.32 Å². The van der Waals surface area contributed by atoms with Crippen LogP contribution >= 0.6 is 22.9 Å². The molecule has 1 N–H and O–H groups in total. The van der Waals surface area contributed by atoms with Crippen molar-refractivity contribution in [1.29, 1.82) is 5.26 Å². The summed E-state index contributed by atoms with van der Waals surface area (Å²) in [5.41, 5.74) is 2.19. The molecule has 154 valence electrons. The van der Waals surface area contributed by atoms with Gasteiger partial charge in [-0.3, -0.25) is 4.79 Å². The highest BCUT2D eigenvalue weighted by atomic mass is 35.5. The summed E-state index contributed by atoms with van der Waals surface area (Å²) in [4.78, 5) is 16.7. The van der Waals surface area contributed by atoms with Crippen LogP contribution in [0, 0.1) is 11.3 Å². The Morgan fingerprint density at radius 1 is 1.23 bits per heavy atom. The molecule has 1 amide bonds. The van der Waals surface area contributed by atoms with E-state index < -0.39 is 5.54 Å². The quantitative estimate of drug-likeness (QED) is 0.470. The summed E-state index contributed by atoms with van der Waals surface area (Å²) in [5, 5.41) is 21.3. The minimum atomic E-state index is -0.705. The van der Waals surface area contributed by atoms with Gasteiger partial charge in [-0.1, -0.05) is 35.9 Å². The zero-order chi connectivity index (χ0) is 21.4. The molecule has 1 saturated carbocycles. The highest BCUT2D eigenvalue weighted by Gasteiger charge is 2.44. The van der Waals surface area contributed by atoms with E-state index in [4.69, 9.17) is 21.3 Å². The Balaban J connectivity index is 1.29. The van der Waals surface area contributed by atoms with Crippen LogP contribution in [0.5, 0.6) is 0 Å². The highest BCUT2D eigenvalue weighted by Crippen LogP contribution is 2.34. The third kappa shape index (κ3) is 4.15. The monoisotopic (exact) mass is 449 g/mol. The second-order valence-electron chi connectivity index (χ2n) is 7.46. The first-order valence-electron chi connectivity index (χ1n) is 9.71. The summed E-state index contributed by atoms with van der Waals surface area (Å²) < 4.78 is 6.65. The van der Waals surface area contributed by atoms with Crippen LogP contribution in [-0.2, 0) is 17.6 Å². The highest BCUT2D eigenvalue weighted by molar-refractivity contribution is 7.18. The molecule has 31 heavy (non-hydrogen) atoms. The van der Waals surface area contributed by atoms with Crippen molar-refractivity contribution in [1.82, 2.24) is 20.5 Å². The number of fused-ring (bicyclic) bond motifs is 1. The lowest BCUT2D eigenvalue weighted by Crippen LogP contribution is -2.36. The molecule has 0 aliphatic heterocycles. The van der Waals surface area contributed by atoms with Crippen molar-refractivity contribution in [3.8, 4) is 17.2 Å². The summed E-state index contributed by atoms with van der Waals surface area (Å²) in [7, 11) is 0. The number of aromatic nitrogens is 3. The molecule has 0 unspecified atom stereocenters. The van der Waals surface area contributed by atoms with Gasteiger partial charge in [0, 0.05) is 10.6 Å². The molecule has 7 nitrogen and oxygen atoms in total. The van der Waals surface area contributed by atoms with Crippen molar-refractivity contribution < 1.29 is 9.21 Å². The van der Waals surface area contributed by atoms with Gasteiger partial charge < -0.3 is 9.73 Å². The number of hydrogen-bond acceptors (Lipinski definition) is 7. The predicted octanol–water partition coefficient (Wildman–Crippen LogP) is 4.31. The van der Waals surface area contributed by atoms with Crippen molar-refractivity contribution in [2.45, 2.75) is 31.2 Å². The maximum absolute atomic E-state index is 12.1. The van der Waals surface area contributed by atoms with Crippen LogP contribution in [0.2, 0.25) is 5.02 Å². The molecule has 9 heteroatoms. The van der Waals surface area contributed by atoms with E-state index in [2.05, 4.69) is 32.6 Å². The Kier molecular flexibility index (Phi) is 4.93. The minimum Gasteiger partial charge on any atom is -0.424 e. The molecule has 5 rings (SSSR count). The lowest BCUT2D eigenvalue weighted by atomic mass is 10.1. The van der Waals surface area contributed by atoms with Gasteiger partial charge in [0.1, 0.15) is 17.0 Å². The van der Waals surface area contributed by atoms with Gasteiger partial charge in [-0.2, -0.15) is 5.26 Å². The minimum absolute atomic E-state index is 0.0442. The van der Waals surface area contributed by atoms with E-state index in [1.165, 1.54) is 0 Å². The Labute approximate surface area is 186 Å². The van der Waals surface area contributed by atoms with Crippen LogP contribution in [-0.4, -0.2) is 26.6 Å². The zero-order valence-corrected chi connectivity index (χ0v) is 17.8. The summed E-state index contributed by atoms with van der Waals surface area (Å²) in [6.07, 6.45) is 1.70. The fraction of sp³-hybridized carbons (Fsp3) is 0.227. The average Bonchev–Trinajstić information content (AvgIpc) is 3.20. The number of amides is 1. The van der Waals surface area contributed by atoms with Gasteiger partial charge in [-0.25, -0.2) is 4.98 Å². The molecule has 1 aliphatic rings. The molecule has 0 saturated heterocycles. The fourth-order valence-corrected chi connectivity index (χ4v) is 4.55. The van der Waals surface area contributed by atoms with E-state index >= 15 is 0 Å². The lowest BCUT2D eigenvalue weighted by Gasteiger charge is -2.06. The number of nitrogens with zero attached hydrogens (tertiary/aromatic N) is 4. The SMILES string of the molecule is N#CC1(NC(=O)Cc2nnc(Cc3nc4ccc(-c5ccccc5Cl)cc4s3)o2)CC1. The van der Waals surface area contributed by atoms with Crippen LogP contribution in [0.3, 0.4) is 0 Å². The van der Waals surface area contributed by atoms with Gasteiger partial charge in [0.05, 0.1) is 22.7 Å². The van der Waals surface area contributed by atoms with Crippen LogP contribution in [0.25, 0.3) is 21.3 Å². The number of thiazole rings is 1. The summed E-state index contributed by atoms with van der Waals surface area (Å²) in [6, 6.07) is 15.9. The smallest absolute Gasteiger partial charge is 0.230 e. The first-order chi connectivity index (χ1) is 15.0. The van der Waals surface area contributed by atoms with Crippen molar-refractivity contribution in [2.24, 2.45) is 0 Å². The lowest BCUT2D eigenvalue weighted by molar-refractivity contribution is -0.121. The molecule has 1 aliphatic carbocycles. The van der Waals surface area contributed by atoms with Crippen molar-refractivity contribution in [2.75, 3.05) is 0 Å². The normalized spacial score (nSPS) is 14.3. The predicted molar refractivity (Wildman–Crippen MR) is 117 cm³/mol. The Hall–Kier alpha value is -3.28. The van der Waals surface area contributed by atoms with E-state index in [9.17, 15) is 4.79 Å². The maximum atomic E-state index is 12.1. The topological polar surface area (TPSA) is 105 Å². The van der Waals surface area contributed by atoms with Gasteiger partial charge >= 0.3 is 0 Å². The maximum Gasteiger partial charge on any atom is 0.230 e. The first kappa shape index (κ1) is 19.7. The molecule has 0 radical (unpaired) electrons. The molecule has 1 fully saturated rings. The standard InChI is InChI=1S/C22H16ClN5O2S/c23-15-4-2-1-3-14(15)13-5-6-16-17(9-13)31-21(25-16)11-20-28-27-19(30-20)10-18(29)26-22(12-24)7-8-22/h1-6,9H,7-8,10-11H2,(H,26,29). The summed E-state index contributed by atoms with van der Waals surface area (Å²) in [6.45, 7) is 0. The first-order valence-corrected chi connectivity index (χ1v) is 10.9. The van der Waals surface area contributed by atoms with Gasteiger partial charge in [-0.15, -0.1) is 21.5 Å². The van der Waals surface area contributed by atoms with Crippen LogP contribution in [0.4, 0.5) is 0 Å². The molecular weight excluding hydrogens is 434 g/mol. The molecule has 2 aromatic carbocycles. The second kappa shape index (κ2) is 7.76. The van der Waals surface area contributed by atoms with Gasteiger partial charge in [-0.05, 0) is 36.6 Å². The summed E-state index contributed by atoms with van der Waals surface area (Å²) >= 11 is 7.88. The van der Waals surface area contributed by atoms with E-state index in [-0.39, 0.29) is 18.2 Å². The van der Waals surface area contributed by atoms with E-state index in [0.29, 0.717) is 30.2 Å². The molecule has 0 bridgehead atoms. The molecule has 0 atom stereocenters. The number of carbonyl (C=O) groups excluding carboxylic acids is 1. The number of benzene rings is 2. The van der Waals surface area contributed by atoms with Crippen molar-refractivity contribution in [3.63, 3.8) is 0 Å². The number of halogens is 1. The Morgan fingerprint density at radius 2 is 2.03 bits per heavy atom. The summed E-state index contributed by atoms with van der Waals surface area (Å²) in [5.74, 6) is 0.333. The number of nitrogens with one attached hydrogen (secondary N) is 1. The van der Waals surface area contributed by atoms with Crippen molar-refractivity contribution >= 4 is 39.1 Å². The Morgan fingerprint density at radius 3 is 2.81 bits per heavy atom. The third-order valence-corrected chi connectivity index (χ3v) is 6.43. The number of rotatable bonds is 6. The van der Waals surface area contributed by atoms with Gasteiger partial charge in [0.15, 0.2) is 0 Å². The van der Waals surface area contributed by atoms with E-state index in [0.717, 1.165) is 26.4 Å². The Bertz CT molecular complexity index is 1340. The fourth-order valence-electron chi connectivity index (χ4n) is 3.31.